The molecule has 106 valence electrons. The number of aryl methyl sites for hydroxylation is 1. The van der Waals surface area contributed by atoms with Crippen LogP contribution >= 0.6 is 11.5 Å². The number of nitrogens with one attached hydrogen (secondary N) is 1. The van der Waals surface area contributed by atoms with Gasteiger partial charge in [-0.2, -0.15) is 0 Å². The number of amides is 1. The lowest BCUT2D eigenvalue weighted by atomic mass is 10.2. The maximum absolute atomic E-state index is 12.2. The Morgan fingerprint density at radius 3 is 2.95 bits per heavy atom. The van der Waals surface area contributed by atoms with E-state index in [-0.39, 0.29) is 5.91 Å². The number of hydrogen-bond donors (Lipinski definition) is 2. The molecule has 0 bridgehead atoms. The minimum atomic E-state index is -0.236. The van der Waals surface area contributed by atoms with Crippen LogP contribution in [0.1, 0.15) is 28.7 Å². The summed E-state index contributed by atoms with van der Waals surface area (Å²) in [7, 11) is 1.56. The molecule has 1 amide bonds. The SMILES string of the molecule is CCCc1nnsc1C(=O)Nc1ccc(OC)cc1N. The molecule has 2 rings (SSSR count). The molecule has 20 heavy (non-hydrogen) atoms. The summed E-state index contributed by atoms with van der Waals surface area (Å²) in [5.74, 6) is 0.409. The highest BCUT2D eigenvalue weighted by Gasteiger charge is 2.16. The summed E-state index contributed by atoms with van der Waals surface area (Å²) in [6.45, 7) is 2.03. The van der Waals surface area contributed by atoms with Crippen molar-refractivity contribution in [2.45, 2.75) is 19.8 Å². The number of anilines is 2. The zero-order chi connectivity index (χ0) is 14.5. The molecule has 0 radical (unpaired) electrons. The Labute approximate surface area is 121 Å². The van der Waals surface area contributed by atoms with Crippen LogP contribution in [-0.2, 0) is 6.42 Å². The minimum absolute atomic E-state index is 0.236. The van der Waals surface area contributed by atoms with Crippen molar-refractivity contribution in [2.75, 3.05) is 18.2 Å². The lowest BCUT2D eigenvalue weighted by molar-refractivity contribution is 0.102. The van der Waals surface area contributed by atoms with Crippen LogP contribution in [0.25, 0.3) is 0 Å². The zero-order valence-electron chi connectivity index (χ0n) is 11.3. The first kappa shape index (κ1) is 14.3. The number of ether oxygens (including phenoxy) is 1. The van der Waals surface area contributed by atoms with Gasteiger partial charge in [0, 0.05) is 6.07 Å². The van der Waals surface area contributed by atoms with E-state index in [1.807, 2.05) is 6.92 Å². The van der Waals surface area contributed by atoms with Gasteiger partial charge < -0.3 is 15.8 Å². The molecule has 3 N–H and O–H groups in total. The van der Waals surface area contributed by atoms with Gasteiger partial charge >= 0.3 is 0 Å². The molecule has 0 saturated heterocycles. The van der Waals surface area contributed by atoms with E-state index in [4.69, 9.17) is 10.5 Å². The van der Waals surface area contributed by atoms with Crippen molar-refractivity contribution in [2.24, 2.45) is 0 Å². The van der Waals surface area contributed by atoms with Gasteiger partial charge in [0.05, 0.1) is 24.2 Å². The number of aromatic nitrogens is 2. The molecule has 6 nitrogen and oxygen atoms in total. The highest BCUT2D eigenvalue weighted by Crippen LogP contribution is 2.25. The molecule has 0 aliphatic rings. The predicted octanol–water partition coefficient (Wildman–Crippen LogP) is 2.33. The van der Waals surface area contributed by atoms with E-state index < -0.39 is 0 Å². The third kappa shape index (κ3) is 3.05. The quantitative estimate of drug-likeness (QED) is 0.825. The molecule has 1 aromatic carbocycles. The highest BCUT2D eigenvalue weighted by atomic mass is 32.1. The van der Waals surface area contributed by atoms with Crippen LogP contribution < -0.4 is 15.8 Å². The molecule has 2 aromatic rings. The average molecular weight is 292 g/mol. The smallest absolute Gasteiger partial charge is 0.269 e. The van der Waals surface area contributed by atoms with E-state index in [0.29, 0.717) is 22.0 Å². The van der Waals surface area contributed by atoms with E-state index in [1.54, 1.807) is 25.3 Å². The minimum Gasteiger partial charge on any atom is -0.497 e. The van der Waals surface area contributed by atoms with Crippen molar-refractivity contribution in [3.05, 3.63) is 28.8 Å². The van der Waals surface area contributed by atoms with Crippen molar-refractivity contribution >= 4 is 28.8 Å². The Morgan fingerprint density at radius 2 is 2.30 bits per heavy atom. The highest BCUT2D eigenvalue weighted by molar-refractivity contribution is 7.08. The Morgan fingerprint density at radius 1 is 1.50 bits per heavy atom. The normalized spacial score (nSPS) is 10.3. The summed E-state index contributed by atoms with van der Waals surface area (Å²) in [5.41, 5.74) is 7.60. The van der Waals surface area contributed by atoms with Crippen LogP contribution in [0.2, 0.25) is 0 Å². The number of hydrogen-bond acceptors (Lipinski definition) is 6. The average Bonchev–Trinajstić information content (AvgIpc) is 2.89. The summed E-state index contributed by atoms with van der Waals surface area (Å²) in [4.78, 5) is 12.7. The Hall–Kier alpha value is -2.15. The largest absolute Gasteiger partial charge is 0.497 e. The Kier molecular flexibility index (Phi) is 4.52. The van der Waals surface area contributed by atoms with Gasteiger partial charge in [-0.1, -0.05) is 17.8 Å². The van der Waals surface area contributed by atoms with Crippen LogP contribution in [0.15, 0.2) is 18.2 Å². The van der Waals surface area contributed by atoms with Gasteiger partial charge in [0.1, 0.15) is 10.6 Å². The molecule has 0 aliphatic carbocycles. The number of rotatable bonds is 5. The van der Waals surface area contributed by atoms with E-state index in [2.05, 4.69) is 14.9 Å². The molecular formula is C13H16N4O2S. The van der Waals surface area contributed by atoms with E-state index in [1.165, 1.54) is 0 Å². The second-order valence-electron chi connectivity index (χ2n) is 4.21. The lowest BCUT2D eigenvalue weighted by Gasteiger charge is -2.09. The third-order valence-electron chi connectivity index (χ3n) is 2.76. The van der Waals surface area contributed by atoms with Gasteiger partial charge in [-0.25, -0.2) is 0 Å². The van der Waals surface area contributed by atoms with Crippen LogP contribution in [0.5, 0.6) is 5.75 Å². The molecule has 7 heteroatoms. The van der Waals surface area contributed by atoms with Crippen molar-refractivity contribution in [3.8, 4) is 5.75 Å². The molecule has 0 saturated carbocycles. The number of carbonyl (C=O) groups is 1. The van der Waals surface area contributed by atoms with Gasteiger partial charge in [-0.05, 0) is 30.1 Å². The fraction of sp³-hybridized carbons (Fsp3) is 0.308. The Balaban J connectivity index is 2.17. The van der Waals surface area contributed by atoms with Crippen LogP contribution in [0.3, 0.4) is 0 Å². The van der Waals surface area contributed by atoms with Crippen molar-refractivity contribution in [3.63, 3.8) is 0 Å². The van der Waals surface area contributed by atoms with Gasteiger partial charge in [-0.3, -0.25) is 4.79 Å². The first-order chi connectivity index (χ1) is 9.65. The third-order valence-corrected chi connectivity index (χ3v) is 3.52. The van der Waals surface area contributed by atoms with Gasteiger partial charge in [0.25, 0.3) is 5.91 Å². The second kappa shape index (κ2) is 6.33. The summed E-state index contributed by atoms with van der Waals surface area (Å²) in [6.07, 6.45) is 1.65. The van der Waals surface area contributed by atoms with Crippen molar-refractivity contribution in [1.82, 2.24) is 9.59 Å². The molecule has 1 aromatic heterocycles. The number of nitrogens with zero attached hydrogens (tertiary/aromatic N) is 2. The number of benzene rings is 1. The van der Waals surface area contributed by atoms with Crippen LogP contribution in [0, 0.1) is 0 Å². The monoisotopic (exact) mass is 292 g/mol. The van der Waals surface area contributed by atoms with Crippen LogP contribution in [0.4, 0.5) is 11.4 Å². The maximum Gasteiger partial charge on any atom is 0.269 e. The topological polar surface area (TPSA) is 90.1 Å². The predicted molar refractivity (Wildman–Crippen MR) is 79.3 cm³/mol. The molecule has 0 unspecified atom stereocenters. The molecule has 0 fully saturated rings. The number of nitrogen functional groups attached to an aromatic ring is 1. The standard InChI is InChI=1S/C13H16N4O2S/c1-3-4-11-12(20-17-16-11)13(18)15-10-6-5-8(19-2)7-9(10)14/h5-7H,3-4,14H2,1-2H3,(H,15,18). The number of nitrogens with two attached hydrogens (primary N) is 1. The van der Waals surface area contributed by atoms with Crippen molar-refractivity contribution < 1.29 is 9.53 Å². The summed E-state index contributed by atoms with van der Waals surface area (Å²) in [5, 5.41) is 6.75. The molecular weight excluding hydrogens is 276 g/mol. The fourth-order valence-corrected chi connectivity index (χ4v) is 2.35. The van der Waals surface area contributed by atoms with Gasteiger partial charge in [-0.15, -0.1) is 5.10 Å². The van der Waals surface area contributed by atoms with Crippen molar-refractivity contribution in [1.29, 1.82) is 0 Å². The van der Waals surface area contributed by atoms with Crippen LogP contribution in [-0.4, -0.2) is 22.6 Å². The zero-order valence-corrected chi connectivity index (χ0v) is 12.2. The summed E-state index contributed by atoms with van der Waals surface area (Å²) in [6, 6.07) is 5.11. The molecule has 1 heterocycles. The summed E-state index contributed by atoms with van der Waals surface area (Å²) >= 11 is 1.09. The number of carbonyl (C=O) groups excluding carboxylic acids is 1. The van der Waals surface area contributed by atoms with Gasteiger partial charge in [0.2, 0.25) is 0 Å². The first-order valence-electron chi connectivity index (χ1n) is 6.21. The first-order valence-corrected chi connectivity index (χ1v) is 6.99. The fourth-order valence-electron chi connectivity index (χ4n) is 1.74. The Bertz CT molecular complexity index is 612. The second-order valence-corrected chi connectivity index (χ2v) is 4.96. The van der Waals surface area contributed by atoms with Gasteiger partial charge in [0.15, 0.2) is 0 Å². The number of methoxy groups -OCH3 is 1. The van der Waals surface area contributed by atoms with E-state index >= 15 is 0 Å². The molecule has 0 aliphatic heterocycles. The molecule has 0 spiro atoms. The summed E-state index contributed by atoms with van der Waals surface area (Å²) < 4.78 is 8.90. The maximum atomic E-state index is 12.2. The lowest BCUT2D eigenvalue weighted by Crippen LogP contribution is -2.13. The van der Waals surface area contributed by atoms with E-state index in [9.17, 15) is 4.79 Å². The molecule has 0 atom stereocenters. The van der Waals surface area contributed by atoms with E-state index in [0.717, 1.165) is 30.1 Å².